The lowest BCUT2D eigenvalue weighted by Gasteiger charge is -2.25. The summed E-state index contributed by atoms with van der Waals surface area (Å²) >= 11 is 0. The van der Waals surface area contributed by atoms with Crippen molar-refractivity contribution in [1.82, 2.24) is 21.3 Å². The molecule has 0 fully saturated rings. The number of carbonyl (C=O) groups is 8. The molecule has 0 radical (unpaired) electrons. The Morgan fingerprint density at radius 1 is 0.860 bits per heavy atom. The highest BCUT2D eigenvalue weighted by atomic mass is 16.5. The summed E-state index contributed by atoms with van der Waals surface area (Å²) < 4.78 is 12.7. The first-order valence-electron chi connectivity index (χ1n) is 16.9. The zero-order chi connectivity index (χ0) is 38.6. The largest absolute Gasteiger partial charge is 0.480 e. The quantitative estimate of drug-likeness (QED) is 0.0513. The molecule has 0 saturated heterocycles. The molecular weight excluding hydrogens is 656 g/mol. The molecule has 0 aliphatic heterocycles. The second-order valence-electron chi connectivity index (χ2n) is 11.9. The van der Waals surface area contributed by atoms with E-state index < -0.39 is 91.0 Å². The van der Waals surface area contributed by atoms with Crippen LogP contribution in [0.3, 0.4) is 0 Å². The molecule has 1 aromatic rings. The van der Waals surface area contributed by atoms with E-state index in [-0.39, 0.29) is 37.1 Å². The minimum absolute atomic E-state index is 0.145. The summed E-state index contributed by atoms with van der Waals surface area (Å²) in [5.41, 5.74) is 9.43. The van der Waals surface area contributed by atoms with E-state index in [0.29, 0.717) is 12.0 Å². The number of amides is 5. The molecule has 17 nitrogen and oxygen atoms in total. The summed E-state index contributed by atoms with van der Waals surface area (Å²) in [4.78, 5) is 98.0. The Morgan fingerprint density at radius 2 is 1.52 bits per heavy atom. The average Bonchev–Trinajstić information content (AvgIpc) is 3.07. The third-order valence-corrected chi connectivity index (χ3v) is 7.73. The first-order valence-corrected chi connectivity index (χ1v) is 16.5. The maximum atomic E-state index is 13.0. The van der Waals surface area contributed by atoms with Crippen molar-refractivity contribution in [2.24, 2.45) is 11.5 Å². The third kappa shape index (κ3) is 16.4. The van der Waals surface area contributed by atoms with Gasteiger partial charge in [-0.15, -0.1) is 0 Å². The number of aliphatic carboxylic acids is 2. The highest BCUT2D eigenvalue weighted by Crippen LogP contribution is 2.18. The van der Waals surface area contributed by atoms with E-state index in [4.69, 9.17) is 17.6 Å². The van der Waals surface area contributed by atoms with Gasteiger partial charge in [-0.25, -0.2) is 14.4 Å². The van der Waals surface area contributed by atoms with Gasteiger partial charge in [0.2, 0.25) is 23.6 Å². The fraction of sp³-hybridized carbons (Fsp3) is 0.576. The maximum absolute atomic E-state index is 13.0. The number of carboxylic acids is 2. The molecule has 278 valence electrons. The van der Waals surface area contributed by atoms with Crippen molar-refractivity contribution in [1.29, 1.82) is 0 Å². The number of ether oxygens (including phenoxy) is 1. The van der Waals surface area contributed by atoms with Crippen molar-refractivity contribution in [2.75, 3.05) is 6.54 Å². The molecule has 0 spiro atoms. The number of nitrogens with two attached hydrogens (primary N) is 2. The first kappa shape index (κ1) is 41.1. The molecule has 0 aromatic heterocycles. The Bertz CT molecular complexity index is 1370. The lowest BCUT2D eigenvalue weighted by Crippen LogP contribution is -2.56. The normalized spacial score (nSPS) is 14.0. The first-order chi connectivity index (χ1) is 24.0. The van der Waals surface area contributed by atoms with Crippen molar-refractivity contribution in [3.8, 4) is 0 Å². The smallest absolute Gasteiger partial charge is 0.407 e. The molecule has 4 atom stereocenters. The van der Waals surface area contributed by atoms with Crippen LogP contribution in [0.5, 0.6) is 0 Å². The summed E-state index contributed by atoms with van der Waals surface area (Å²) in [5, 5.41) is 26.6. The van der Waals surface area contributed by atoms with E-state index in [1.807, 2.05) is 0 Å². The molecule has 10 N–H and O–H groups in total. The molecule has 0 heterocycles. The minimum Gasteiger partial charge on any atom is -0.480 e. The minimum atomic E-state index is -2.52. The van der Waals surface area contributed by atoms with Crippen LogP contribution >= 0.6 is 0 Å². The summed E-state index contributed by atoms with van der Waals surface area (Å²) in [6.07, 6.45) is 1.46. The van der Waals surface area contributed by atoms with Crippen molar-refractivity contribution >= 4 is 47.4 Å². The van der Waals surface area contributed by atoms with Crippen LogP contribution < -0.4 is 32.7 Å². The Morgan fingerprint density at radius 3 is 2.12 bits per heavy atom. The van der Waals surface area contributed by atoms with E-state index in [2.05, 4.69) is 22.9 Å². The van der Waals surface area contributed by atoms with Crippen LogP contribution in [0.1, 0.15) is 90.0 Å². The second kappa shape index (κ2) is 22.6. The van der Waals surface area contributed by atoms with Crippen molar-refractivity contribution < 1.29 is 54.7 Å². The van der Waals surface area contributed by atoms with E-state index in [1.165, 1.54) is 6.92 Å². The molecule has 2 unspecified atom stereocenters. The Balaban J connectivity index is 2.67. The van der Waals surface area contributed by atoms with Crippen LogP contribution in [0, 0.1) is 0 Å². The van der Waals surface area contributed by atoms with Gasteiger partial charge >= 0.3 is 18.0 Å². The van der Waals surface area contributed by atoms with Crippen molar-refractivity contribution in [3.05, 3.63) is 35.9 Å². The predicted octanol–water partition coefficient (Wildman–Crippen LogP) is 0.619. The average molecular weight is 708 g/mol. The summed E-state index contributed by atoms with van der Waals surface area (Å²) in [6, 6.07) is 4.53. The number of benzene rings is 1. The van der Waals surface area contributed by atoms with E-state index >= 15 is 0 Å². The van der Waals surface area contributed by atoms with Gasteiger partial charge in [-0.2, -0.15) is 0 Å². The zero-order valence-electron chi connectivity index (χ0n) is 29.5. The fourth-order valence-corrected chi connectivity index (χ4v) is 4.70. The number of hydrogen-bond donors (Lipinski definition) is 8. The molecular formula is C33H50N6O11. The SMILES string of the molecule is [2H]N(CC(=O)NC(CCCC(N)(C(=O)O)C(=O)CC[C@@H](NC(=O)[C@H](C)NC(=O)CCCCCCC)C(=O)O)C(N)=O)C(=O)OCc1ccccc1. The van der Waals surface area contributed by atoms with E-state index in [9.17, 15) is 48.6 Å². The van der Waals surface area contributed by atoms with Gasteiger partial charge in [0.25, 0.3) is 0 Å². The summed E-state index contributed by atoms with van der Waals surface area (Å²) in [7, 11) is 0. The predicted molar refractivity (Wildman–Crippen MR) is 179 cm³/mol. The summed E-state index contributed by atoms with van der Waals surface area (Å²) in [5.74, 6) is -7.44. The molecule has 0 aliphatic rings. The van der Waals surface area contributed by atoms with E-state index in [0.717, 1.165) is 25.7 Å². The Hall–Kier alpha value is -5.06. The zero-order valence-corrected chi connectivity index (χ0v) is 28.5. The topological polar surface area (TPSA) is 286 Å². The van der Waals surface area contributed by atoms with Crippen LogP contribution in [0.2, 0.25) is 1.41 Å². The highest BCUT2D eigenvalue weighted by Gasteiger charge is 2.42. The van der Waals surface area contributed by atoms with Crippen LogP contribution in [0.4, 0.5) is 4.79 Å². The highest BCUT2D eigenvalue weighted by molar-refractivity contribution is 6.07. The van der Waals surface area contributed by atoms with Gasteiger partial charge in [0.05, 0.1) is 0 Å². The number of primary amides is 1. The van der Waals surface area contributed by atoms with Gasteiger partial charge < -0.3 is 47.7 Å². The van der Waals surface area contributed by atoms with Crippen molar-refractivity contribution in [2.45, 2.75) is 115 Å². The van der Waals surface area contributed by atoms with Crippen LogP contribution in [-0.2, 0) is 44.9 Å². The monoisotopic (exact) mass is 707 g/mol. The number of carboxylic acid groups (broad SMARTS) is 2. The molecule has 1 aromatic carbocycles. The third-order valence-electron chi connectivity index (χ3n) is 7.73. The standard InChI is InChI=1S/C33H50N6O11/c1-3-4-5-6-10-15-26(41)37-21(2)29(44)39-24(30(45)46)16-17-25(40)33(35,31(47)48)18-11-14-23(28(34)43)38-27(42)19-36-32(49)50-20-22-12-8-7-9-13-22/h7-9,12-13,21,23-24H,3-6,10-11,14-20,35H2,1-2H3,(H2,34,43)(H,36,49)(H,37,41)(H,38,42)(H,39,44)(H,45,46)(H,47,48)/t21-,23?,24+,33?/m0/s1/i/hD. The van der Waals surface area contributed by atoms with Gasteiger partial charge in [-0.05, 0) is 44.6 Å². The van der Waals surface area contributed by atoms with Gasteiger partial charge in [0.15, 0.2) is 12.7 Å². The number of alkyl carbamates (subject to hydrolysis) is 1. The van der Waals surface area contributed by atoms with Gasteiger partial charge in [0, 0.05) is 12.8 Å². The van der Waals surface area contributed by atoms with Crippen LogP contribution in [0.25, 0.3) is 0 Å². The van der Waals surface area contributed by atoms with E-state index in [1.54, 1.807) is 30.3 Å². The second-order valence-corrected chi connectivity index (χ2v) is 11.9. The fourth-order valence-electron chi connectivity index (χ4n) is 4.70. The maximum Gasteiger partial charge on any atom is 0.407 e. The van der Waals surface area contributed by atoms with Crippen LogP contribution in [-0.4, -0.2) is 87.9 Å². The molecule has 1 rings (SSSR count). The van der Waals surface area contributed by atoms with Gasteiger partial charge in [0.1, 0.15) is 31.3 Å². The number of ketones is 1. The molecule has 5 amide bonds. The lowest BCUT2D eigenvalue weighted by atomic mass is 9.85. The Labute approximate surface area is 292 Å². The number of Topliss-reactive ketones (excluding diaryl/α,β-unsaturated/α-hetero) is 1. The number of rotatable bonds is 25. The number of nitrogens with one attached hydrogen (secondary N) is 4. The number of hydrogen-bond acceptors (Lipinski definition) is 10. The lowest BCUT2D eigenvalue weighted by molar-refractivity contribution is -0.149. The van der Waals surface area contributed by atoms with Crippen molar-refractivity contribution in [3.63, 3.8) is 0 Å². The number of unbranched alkanes of at least 4 members (excludes halogenated alkanes) is 4. The molecule has 50 heavy (non-hydrogen) atoms. The molecule has 0 aliphatic carbocycles. The molecule has 0 bridgehead atoms. The molecule has 17 heteroatoms. The summed E-state index contributed by atoms with van der Waals surface area (Å²) in [6.45, 7) is 2.47. The molecule has 0 saturated carbocycles. The Kier molecular flexibility index (Phi) is 18.5. The van der Waals surface area contributed by atoms with Gasteiger partial charge in [-0.3, -0.25) is 24.0 Å². The van der Waals surface area contributed by atoms with Crippen LogP contribution in [0.15, 0.2) is 30.3 Å². The number of carbonyl (C=O) groups excluding carboxylic acids is 6. The van der Waals surface area contributed by atoms with Gasteiger partial charge in [-0.1, -0.05) is 62.9 Å².